The van der Waals surface area contributed by atoms with E-state index < -0.39 is 10.0 Å². The molecule has 0 spiro atoms. The molecule has 1 aromatic carbocycles. The highest BCUT2D eigenvalue weighted by Gasteiger charge is 2.10. The highest BCUT2D eigenvalue weighted by atomic mass is 32.2. The molecule has 5 nitrogen and oxygen atoms in total. The number of rotatable bonds is 5. The van der Waals surface area contributed by atoms with Crippen molar-refractivity contribution in [3.8, 4) is 0 Å². The molecule has 2 rings (SSSR count). The molecule has 0 radical (unpaired) electrons. The van der Waals surface area contributed by atoms with Gasteiger partial charge in [0.15, 0.2) is 0 Å². The van der Waals surface area contributed by atoms with E-state index in [-0.39, 0.29) is 10.9 Å². The van der Waals surface area contributed by atoms with Crippen LogP contribution >= 0.6 is 0 Å². The summed E-state index contributed by atoms with van der Waals surface area (Å²) in [5, 5.41) is 8.48. The van der Waals surface area contributed by atoms with Crippen LogP contribution in [0.4, 0.5) is 0 Å². The molecule has 0 amide bonds. The molecular weight excluding hydrogens is 274 g/mol. The molecule has 0 aliphatic carbocycles. The number of nitrogens with two attached hydrogens (primary N) is 1. The predicted molar refractivity (Wildman–Crippen MR) is 78.5 cm³/mol. The lowest BCUT2D eigenvalue weighted by Crippen LogP contribution is -2.19. The number of benzene rings is 1. The number of aryl methyl sites for hydroxylation is 1. The summed E-state index contributed by atoms with van der Waals surface area (Å²) < 4.78 is 24.4. The van der Waals surface area contributed by atoms with Gasteiger partial charge in [0, 0.05) is 31.5 Å². The molecule has 0 fully saturated rings. The lowest BCUT2D eigenvalue weighted by molar-refractivity contribution is 0.557. The van der Waals surface area contributed by atoms with E-state index in [0.29, 0.717) is 0 Å². The fourth-order valence-corrected chi connectivity index (χ4v) is 2.52. The monoisotopic (exact) mass is 293 g/mol. The first kappa shape index (κ1) is 14.8. The van der Waals surface area contributed by atoms with E-state index in [9.17, 15) is 8.42 Å². The summed E-state index contributed by atoms with van der Waals surface area (Å²) in [6.07, 6.45) is 2.00. The number of nitrogens with one attached hydrogen (secondary N) is 1. The summed E-state index contributed by atoms with van der Waals surface area (Å²) in [6, 6.07) is 10.8. The van der Waals surface area contributed by atoms with Gasteiger partial charge in [-0.2, -0.15) is 0 Å². The molecule has 0 aliphatic heterocycles. The molecule has 1 atom stereocenters. The molecule has 20 heavy (non-hydrogen) atoms. The van der Waals surface area contributed by atoms with Gasteiger partial charge in [-0.1, -0.05) is 12.1 Å². The molecule has 0 bridgehead atoms. The summed E-state index contributed by atoms with van der Waals surface area (Å²) in [4.78, 5) is 0.135. The van der Waals surface area contributed by atoms with Gasteiger partial charge in [0.2, 0.25) is 10.0 Å². The van der Waals surface area contributed by atoms with Crippen LogP contribution in [-0.4, -0.2) is 13.0 Å². The second-order valence-electron chi connectivity index (χ2n) is 4.83. The van der Waals surface area contributed by atoms with Gasteiger partial charge >= 0.3 is 0 Å². The van der Waals surface area contributed by atoms with Crippen molar-refractivity contribution in [2.75, 3.05) is 0 Å². The van der Waals surface area contributed by atoms with E-state index >= 15 is 0 Å². The Kier molecular flexibility index (Phi) is 4.27. The highest BCUT2D eigenvalue weighted by molar-refractivity contribution is 7.89. The topological polar surface area (TPSA) is 77.1 Å². The maximum absolute atomic E-state index is 11.2. The van der Waals surface area contributed by atoms with Crippen molar-refractivity contribution < 1.29 is 8.42 Å². The van der Waals surface area contributed by atoms with E-state index in [1.54, 1.807) is 12.1 Å². The van der Waals surface area contributed by atoms with Crippen molar-refractivity contribution in [2.45, 2.75) is 24.4 Å². The number of primary sulfonamides is 1. The third kappa shape index (κ3) is 3.47. The van der Waals surface area contributed by atoms with Gasteiger partial charge in [-0.25, -0.2) is 13.6 Å². The maximum Gasteiger partial charge on any atom is 0.238 e. The van der Waals surface area contributed by atoms with Crippen LogP contribution in [-0.2, 0) is 23.6 Å². The number of hydrogen-bond acceptors (Lipinski definition) is 3. The molecule has 1 unspecified atom stereocenters. The Morgan fingerprint density at radius 2 is 1.90 bits per heavy atom. The van der Waals surface area contributed by atoms with Crippen molar-refractivity contribution in [3.63, 3.8) is 0 Å². The average Bonchev–Trinajstić information content (AvgIpc) is 2.81. The molecule has 6 heteroatoms. The second kappa shape index (κ2) is 5.78. The largest absolute Gasteiger partial charge is 0.353 e. The minimum atomic E-state index is -3.62. The molecule has 1 heterocycles. The average molecular weight is 293 g/mol. The molecule has 108 valence electrons. The lowest BCUT2D eigenvalue weighted by Gasteiger charge is -2.15. The van der Waals surface area contributed by atoms with Crippen LogP contribution in [0, 0.1) is 0 Å². The van der Waals surface area contributed by atoms with Gasteiger partial charge in [0.05, 0.1) is 4.90 Å². The van der Waals surface area contributed by atoms with E-state index in [2.05, 4.69) is 16.0 Å². The van der Waals surface area contributed by atoms with Gasteiger partial charge in [0.25, 0.3) is 0 Å². The van der Waals surface area contributed by atoms with Crippen LogP contribution in [0.5, 0.6) is 0 Å². The van der Waals surface area contributed by atoms with Gasteiger partial charge in [0.1, 0.15) is 0 Å². The summed E-state index contributed by atoms with van der Waals surface area (Å²) in [6.45, 7) is 2.79. The van der Waals surface area contributed by atoms with E-state index in [1.165, 1.54) is 17.8 Å². The standard InChI is InChI=1S/C14H19N3O2S/c1-11(16-10-13-4-3-9-17(13)2)12-5-7-14(8-6-12)20(15,18)19/h3-9,11,16H,10H2,1-2H3,(H2,15,18,19). The fraction of sp³-hybridized carbons (Fsp3) is 0.286. The van der Waals surface area contributed by atoms with E-state index in [4.69, 9.17) is 5.14 Å². The van der Waals surface area contributed by atoms with Crippen molar-refractivity contribution in [2.24, 2.45) is 12.2 Å². The van der Waals surface area contributed by atoms with Crippen molar-refractivity contribution in [3.05, 3.63) is 53.9 Å². The minimum Gasteiger partial charge on any atom is -0.353 e. The first-order valence-electron chi connectivity index (χ1n) is 6.34. The fourth-order valence-electron chi connectivity index (χ4n) is 2.00. The highest BCUT2D eigenvalue weighted by Crippen LogP contribution is 2.16. The zero-order valence-corrected chi connectivity index (χ0v) is 12.4. The Morgan fingerprint density at radius 3 is 2.40 bits per heavy atom. The normalized spacial score (nSPS) is 13.3. The molecule has 2 aromatic rings. The van der Waals surface area contributed by atoms with Crippen LogP contribution in [0.25, 0.3) is 0 Å². The first-order valence-corrected chi connectivity index (χ1v) is 7.89. The smallest absolute Gasteiger partial charge is 0.238 e. The SMILES string of the molecule is CC(NCc1cccn1C)c1ccc(S(N)(=O)=O)cc1. The molecular formula is C14H19N3O2S. The summed E-state index contributed by atoms with van der Waals surface area (Å²) in [5.74, 6) is 0. The Morgan fingerprint density at radius 1 is 1.25 bits per heavy atom. The number of hydrogen-bond donors (Lipinski definition) is 2. The molecule has 3 N–H and O–H groups in total. The quantitative estimate of drug-likeness (QED) is 0.877. The van der Waals surface area contributed by atoms with Gasteiger partial charge in [-0.05, 0) is 36.8 Å². The number of sulfonamides is 1. The van der Waals surface area contributed by atoms with Crippen LogP contribution in [0.1, 0.15) is 24.2 Å². The third-order valence-corrected chi connectivity index (χ3v) is 4.28. The molecule has 1 aromatic heterocycles. The summed E-state index contributed by atoms with van der Waals surface area (Å²) >= 11 is 0. The van der Waals surface area contributed by atoms with Crippen molar-refractivity contribution >= 4 is 10.0 Å². The Balaban J connectivity index is 2.03. The van der Waals surface area contributed by atoms with Crippen LogP contribution < -0.4 is 10.5 Å². The van der Waals surface area contributed by atoms with Crippen molar-refractivity contribution in [1.82, 2.24) is 9.88 Å². The Labute approximate surface area is 119 Å². The number of aromatic nitrogens is 1. The van der Waals surface area contributed by atoms with E-state index in [0.717, 1.165) is 12.1 Å². The van der Waals surface area contributed by atoms with Crippen LogP contribution in [0.3, 0.4) is 0 Å². The number of nitrogens with zero attached hydrogens (tertiary/aromatic N) is 1. The predicted octanol–water partition coefficient (Wildman–Crippen LogP) is 1.52. The molecule has 0 saturated heterocycles. The van der Waals surface area contributed by atoms with Gasteiger partial charge in [-0.3, -0.25) is 0 Å². The minimum absolute atomic E-state index is 0.124. The van der Waals surface area contributed by atoms with Crippen molar-refractivity contribution in [1.29, 1.82) is 0 Å². The second-order valence-corrected chi connectivity index (χ2v) is 6.39. The molecule has 0 aliphatic rings. The van der Waals surface area contributed by atoms with Crippen LogP contribution in [0.15, 0.2) is 47.5 Å². The lowest BCUT2D eigenvalue weighted by atomic mass is 10.1. The Hall–Kier alpha value is -1.63. The maximum atomic E-state index is 11.2. The summed E-state index contributed by atoms with van der Waals surface area (Å²) in [7, 11) is -1.62. The van der Waals surface area contributed by atoms with Crippen LogP contribution in [0.2, 0.25) is 0 Å². The molecule has 0 saturated carbocycles. The zero-order valence-electron chi connectivity index (χ0n) is 11.6. The summed E-state index contributed by atoms with van der Waals surface area (Å²) in [5.41, 5.74) is 2.21. The third-order valence-electron chi connectivity index (χ3n) is 3.35. The van der Waals surface area contributed by atoms with Gasteiger partial charge < -0.3 is 9.88 Å². The Bertz CT molecular complexity index is 675. The van der Waals surface area contributed by atoms with Gasteiger partial charge in [-0.15, -0.1) is 0 Å². The zero-order chi connectivity index (χ0) is 14.8. The first-order chi connectivity index (χ1) is 9.38. The van der Waals surface area contributed by atoms with E-state index in [1.807, 2.05) is 26.2 Å².